The Bertz CT molecular complexity index is 460. The van der Waals surface area contributed by atoms with Gasteiger partial charge >= 0.3 is 0 Å². The van der Waals surface area contributed by atoms with E-state index in [4.69, 9.17) is 0 Å². The number of aryl methyl sites for hydroxylation is 1. The van der Waals surface area contributed by atoms with Crippen molar-refractivity contribution in [2.45, 2.75) is 59.7 Å². The van der Waals surface area contributed by atoms with Gasteiger partial charge in [0.05, 0.1) is 11.6 Å². The molecule has 1 heterocycles. The molecule has 0 spiro atoms. The van der Waals surface area contributed by atoms with E-state index in [1.54, 1.807) is 18.7 Å². The van der Waals surface area contributed by atoms with Crippen LogP contribution in [-0.4, -0.2) is 27.6 Å². The van der Waals surface area contributed by atoms with Crippen LogP contribution < -0.4 is 0 Å². The fraction of sp³-hybridized carbons (Fsp3) is 0.562. The maximum atomic E-state index is 12.3. The van der Waals surface area contributed by atoms with E-state index in [0.717, 1.165) is 16.7 Å². The Labute approximate surface area is 116 Å². The molecular weight excluding hydrogens is 238 g/mol. The summed E-state index contributed by atoms with van der Waals surface area (Å²) in [5.74, 6) is 0.0349. The maximum Gasteiger partial charge on any atom is 0.255 e. The second-order valence-corrected chi connectivity index (χ2v) is 5.37. The number of carbonyl (C=O) groups is 1. The number of hydrogen-bond donors (Lipinski definition) is 1. The first kappa shape index (κ1) is 15.7. The predicted octanol–water partition coefficient (Wildman–Crippen LogP) is 3.14. The molecule has 2 rings (SSSR count). The highest BCUT2D eigenvalue weighted by molar-refractivity contribution is 5.99. The van der Waals surface area contributed by atoms with Crippen molar-refractivity contribution in [1.82, 2.24) is 4.90 Å². The summed E-state index contributed by atoms with van der Waals surface area (Å²) in [7, 11) is 0. The number of amides is 1. The first-order valence-corrected chi connectivity index (χ1v) is 6.94. The van der Waals surface area contributed by atoms with Gasteiger partial charge in [0, 0.05) is 12.1 Å². The van der Waals surface area contributed by atoms with E-state index in [0.29, 0.717) is 6.54 Å². The fourth-order valence-electron chi connectivity index (χ4n) is 2.26. The third-order valence-electron chi connectivity index (χ3n) is 3.66. The number of aliphatic hydroxyl groups is 1. The summed E-state index contributed by atoms with van der Waals surface area (Å²) in [5, 5.41) is 10.0. The van der Waals surface area contributed by atoms with Gasteiger partial charge in [-0.05, 0) is 38.8 Å². The van der Waals surface area contributed by atoms with Crippen molar-refractivity contribution in [3.63, 3.8) is 0 Å². The van der Waals surface area contributed by atoms with Gasteiger partial charge in [-0.2, -0.15) is 0 Å². The molecule has 0 saturated heterocycles. The quantitative estimate of drug-likeness (QED) is 0.890. The predicted molar refractivity (Wildman–Crippen MR) is 78.2 cm³/mol. The second kappa shape index (κ2) is 5.74. The van der Waals surface area contributed by atoms with Gasteiger partial charge in [0.1, 0.15) is 0 Å². The topological polar surface area (TPSA) is 40.5 Å². The SMILES string of the molecule is CC.Cc1cccc2c1C(=O)N(C(C)C(C)(C)O)C2. The highest BCUT2D eigenvalue weighted by atomic mass is 16.3. The number of nitrogens with zero attached hydrogens (tertiary/aromatic N) is 1. The highest BCUT2D eigenvalue weighted by Crippen LogP contribution is 2.29. The van der Waals surface area contributed by atoms with E-state index in [2.05, 4.69) is 0 Å². The van der Waals surface area contributed by atoms with Crippen LogP contribution in [-0.2, 0) is 6.54 Å². The second-order valence-electron chi connectivity index (χ2n) is 5.37. The molecule has 0 saturated carbocycles. The van der Waals surface area contributed by atoms with Crippen LogP contribution in [0.4, 0.5) is 0 Å². The third kappa shape index (κ3) is 2.98. The van der Waals surface area contributed by atoms with Gasteiger partial charge in [-0.15, -0.1) is 0 Å². The number of carbonyl (C=O) groups excluding carboxylic acids is 1. The highest BCUT2D eigenvalue weighted by Gasteiger charge is 2.37. The van der Waals surface area contributed by atoms with Gasteiger partial charge in [-0.25, -0.2) is 0 Å². The summed E-state index contributed by atoms with van der Waals surface area (Å²) in [4.78, 5) is 14.1. The monoisotopic (exact) mass is 263 g/mol. The van der Waals surface area contributed by atoms with Crippen LogP contribution in [0.2, 0.25) is 0 Å². The fourth-order valence-corrected chi connectivity index (χ4v) is 2.26. The normalized spacial score (nSPS) is 15.7. The van der Waals surface area contributed by atoms with E-state index >= 15 is 0 Å². The van der Waals surface area contributed by atoms with Crippen molar-refractivity contribution in [2.24, 2.45) is 0 Å². The van der Waals surface area contributed by atoms with Crippen LogP contribution in [0.3, 0.4) is 0 Å². The molecule has 1 aliphatic rings. The van der Waals surface area contributed by atoms with Gasteiger partial charge in [-0.3, -0.25) is 4.79 Å². The van der Waals surface area contributed by atoms with E-state index in [1.165, 1.54) is 0 Å². The Balaban J connectivity index is 0.000000861. The number of rotatable bonds is 2. The van der Waals surface area contributed by atoms with Gasteiger partial charge in [0.25, 0.3) is 5.91 Å². The Morgan fingerprint density at radius 1 is 1.32 bits per heavy atom. The van der Waals surface area contributed by atoms with Crippen molar-refractivity contribution in [2.75, 3.05) is 0 Å². The molecule has 0 radical (unpaired) electrons. The smallest absolute Gasteiger partial charge is 0.255 e. The Hall–Kier alpha value is -1.35. The molecular formula is C16H25NO2. The van der Waals surface area contributed by atoms with E-state index in [9.17, 15) is 9.90 Å². The molecule has 3 nitrogen and oxygen atoms in total. The zero-order chi connectivity index (χ0) is 14.8. The zero-order valence-electron chi connectivity index (χ0n) is 12.8. The van der Waals surface area contributed by atoms with E-state index < -0.39 is 5.60 Å². The van der Waals surface area contributed by atoms with E-state index in [1.807, 2.05) is 45.9 Å². The molecule has 3 heteroatoms. The summed E-state index contributed by atoms with van der Waals surface area (Å²) >= 11 is 0. The van der Waals surface area contributed by atoms with Crippen LogP contribution in [0, 0.1) is 6.92 Å². The molecule has 1 N–H and O–H groups in total. The molecule has 1 atom stereocenters. The molecule has 0 fully saturated rings. The molecule has 1 aromatic carbocycles. The minimum Gasteiger partial charge on any atom is -0.388 e. The molecule has 1 aliphatic heterocycles. The van der Waals surface area contributed by atoms with Crippen molar-refractivity contribution in [3.8, 4) is 0 Å². The first-order chi connectivity index (χ1) is 8.82. The van der Waals surface area contributed by atoms with Gasteiger partial charge in [0.15, 0.2) is 0 Å². The van der Waals surface area contributed by atoms with Crippen LogP contribution >= 0.6 is 0 Å². The zero-order valence-corrected chi connectivity index (χ0v) is 12.8. The van der Waals surface area contributed by atoms with Crippen molar-refractivity contribution in [3.05, 3.63) is 34.9 Å². The molecule has 1 aromatic rings. The van der Waals surface area contributed by atoms with Gasteiger partial charge in [-0.1, -0.05) is 32.0 Å². The third-order valence-corrected chi connectivity index (χ3v) is 3.66. The molecule has 1 unspecified atom stereocenters. The summed E-state index contributed by atoms with van der Waals surface area (Å²) in [6.07, 6.45) is 0. The summed E-state index contributed by atoms with van der Waals surface area (Å²) < 4.78 is 0. The Morgan fingerprint density at radius 3 is 2.37 bits per heavy atom. The van der Waals surface area contributed by atoms with Crippen LogP contribution in [0.1, 0.15) is 56.1 Å². The van der Waals surface area contributed by atoms with Gasteiger partial charge < -0.3 is 10.0 Å². The maximum absolute atomic E-state index is 12.3. The lowest BCUT2D eigenvalue weighted by atomic mass is 9.99. The molecule has 1 amide bonds. The summed E-state index contributed by atoms with van der Waals surface area (Å²) in [6.45, 7) is 11.9. The molecule has 106 valence electrons. The van der Waals surface area contributed by atoms with E-state index in [-0.39, 0.29) is 11.9 Å². The minimum atomic E-state index is -0.883. The largest absolute Gasteiger partial charge is 0.388 e. The van der Waals surface area contributed by atoms with Crippen LogP contribution in [0.25, 0.3) is 0 Å². The molecule has 19 heavy (non-hydrogen) atoms. The lowest BCUT2D eigenvalue weighted by molar-refractivity contribution is -0.00647. The van der Waals surface area contributed by atoms with Crippen molar-refractivity contribution in [1.29, 1.82) is 0 Å². The van der Waals surface area contributed by atoms with Crippen molar-refractivity contribution < 1.29 is 9.90 Å². The molecule has 0 aliphatic carbocycles. The van der Waals surface area contributed by atoms with Gasteiger partial charge in [0.2, 0.25) is 0 Å². The Kier molecular flexibility index (Phi) is 4.75. The first-order valence-electron chi connectivity index (χ1n) is 6.94. The average molecular weight is 263 g/mol. The molecule has 0 bridgehead atoms. The molecule has 0 aromatic heterocycles. The van der Waals surface area contributed by atoms with Crippen LogP contribution in [0.5, 0.6) is 0 Å². The summed E-state index contributed by atoms with van der Waals surface area (Å²) in [6, 6.07) is 5.72. The standard InChI is InChI=1S/C14H19NO2.C2H6/c1-9-6-5-7-11-8-15(13(16)12(9)11)10(2)14(3,4)17;1-2/h5-7,10,17H,8H2,1-4H3;1-2H3. The lowest BCUT2D eigenvalue weighted by Gasteiger charge is -2.33. The minimum absolute atomic E-state index is 0.0349. The average Bonchev–Trinajstić information content (AvgIpc) is 2.68. The number of fused-ring (bicyclic) bond motifs is 1. The lowest BCUT2D eigenvalue weighted by Crippen LogP contribution is -2.47. The number of benzene rings is 1. The van der Waals surface area contributed by atoms with Crippen LogP contribution in [0.15, 0.2) is 18.2 Å². The Morgan fingerprint density at radius 2 is 1.89 bits per heavy atom. The van der Waals surface area contributed by atoms with Crippen molar-refractivity contribution >= 4 is 5.91 Å². The number of hydrogen-bond acceptors (Lipinski definition) is 2. The summed E-state index contributed by atoms with van der Waals surface area (Å²) in [5.41, 5.74) is 2.00.